The summed E-state index contributed by atoms with van der Waals surface area (Å²) in [6, 6.07) is -1.12. The van der Waals surface area contributed by atoms with Crippen molar-refractivity contribution < 1.29 is 13.2 Å². The minimum absolute atomic E-state index is 0.162. The fourth-order valence-corrected chi connectivity index (χ4v) is 1.33. The summed E-state index contributed by atoms with van der Waals surface area (Å²) in [7, 11) is 1.41. The second-order valence-corrected chi connectivity index (χ2v) is 2.77. The summed E-state index contributed by atoms with van der Waals surface area (Å²) >= 11 is 0. The summed E-state index contributed by atoms with van der Waals surface area (Å²) in [5.74, 6) is -1.69. The van der Waals surface area contributed by atoms with Crippen molar-refractivity contribution in [2.24, 2.45) is 0 Å². The number of halogens is 3. The Kier molecular flexibility index (Phi) is 1.15. The molecule has 62 valence electrons. The predicted molar refractivity (Wildman–Crippen MR) is 32.6 cm³/mol. The third-order valence-corrected chi connectivity index (χ3v) is 2.08. The monoisotopic (exact) mass is 164 g/mol. The lowest BCUT2D eigenvalue weighted by molar-refractivity contribution is 0.0566. The number of alkyl halides is 3. The zero-order valence-electron chi connectivity index (χ0n) is 5.81. The molecule has 0 radical (unpaired) electrons. The third-order valence-electron chi connectivity index (χ3n) is 2.08. The SMILES string of the molecule is CN1NC(C(F)F)C2=CC21F. The number of hydrazine groups is 1. The molecule has 0 aromatic carbocycles. The first kappa shape index (κ1) is 7.12. The topological polar surface area (TPSA) is 15.3 Å². The van der Waals surface area contributed by atoms with Crippen LogP contribution in [0.1, 0.15) is 0 Å². The van der Waals surface area contributed by atoms with E-state index in [4.69, 9.17) is 0 Å². The van der Waals surface area contributed by atoms with Gasteiger partial charge in [0, 0.05) is 12.6 Å². The molecule has 0 saturated carbocycles. The normalized spacial score (nSPS) is 42.6. The highest BCUT2D eigenvalue weighted by molar-refractivity contribution is 5.48. The summed E-state index contributed by atoms with van der Waals surface area (Å²) < 4.78 is 37.3. The Morgan fingerprint density at radius 2 is 2.36 bits per heavy atom. The van der Waals surface area contributed by atoms with Crippen LogP contribution < -0.4 is 5.43 Å². The highest BCUT2D eigenvalue weighted by Crippen LogP contribution is 2.48. The van der Waals surface area contributed by atoms with E-state index in [2.05, 4.69) is 5.43 Å². The average Bonchev–Trinajstić information content (AvgIpc) is 2.51. The number of hydrogen-bond acceptors (Lipinski definition) is 2. The van der Waals surface area contributed by atoms with Crippen molar-refractivity contribution in [3.63, 3.8) is 0 Å². The van der Waals surface area contributed by atoms with Gasteiger partial charge in [0.15, 0.2) is 0 Å². The molecule has 0 amide bonds. The fourth-order valence-electron chi connectivity index (χ4n) is 1.33. The van der Waals surface area contributed by atoms with E-state index in [1.165, 1.54) is 13.1 Å². The van der Waals surface area contributed by atoms with Crippen LogP contribution in [0.15, 0.2) is 11.6 Å². The maximum absolute atomic E-state index is 13.1. The van der Waals surface area contributed by atoms with E-state index in [1.807, 2.05) is 0 Å². The van der Waals surface area contributed by atoms with Gasteiger partial charge >= 0.3 is 0 Å². The Hall–Kier alpha value is -0.550. The molecule has 1 N–H and O–H groups in total. The Morgan fingerprint density at radius 3 is 2.55 bits per heavy atom. The van der Waals surface area contributed by atoms with Gasteiger partial charge in [0.1, 0.15) is 6.04 Å². The molecule has 2 aliphatic rings. The second-order valence-electron chi connectivity index (χ2n) is 2.77. The zero-order chi connectivity index (χ0) is 8.22. The summed E-state index contributed by atoms with van der Waals surface area (Å²) in [5, 5.41) is 1.07. The standard InChI is InChI=1S/C6H7F3N2/c1-11-6(9)2-3(6)4(10-11)5(7)8/h2,4-5,10H,1H3. The van der Waals surface area contributed by atoms with Crippen LogP contribution in [0.25, 0.3) is 0 Å². The average molecular weight is 164 g/mol. The Morgan fingerprint density at radius 1 is 1.73 bits per heavy atom. The number of fused-ring (bicyclic) bond motifs is 1. The van der Waals surface area contributed by atoms with Crippen LogP contribution in [-0.2, 0) is 0 Å². The van der Waals surface area contributed by atoms with Gasteiger partial charge in [-0.15, -0.1) is 0 Å². The first-order valence-electron chi connectivity index (χ1n) is 3.26. The molecule has 1 saturated heterocycles. The second kappa shape index (κ2) is 1.78. The minimum Gasteiger partial charge on any atom is -0.239 e. The van der Waals surface area contributed by atoms with Gasteiger partial charge in [-0.3, -0.25) is 0 Å². The molecule has 5 heteroatoms. The van der Waals surface area contributed by atoms with Crippen LogP contribution in [0.2, 0.25) is 0 Å². The number of hydrogen-bond donors (Lipinski definition) is 1. The first-order valence-corrected chi connectivity index (χ1v) is 3.26. The van der Waals surface area contributed by atoms with E-state index in [0.29, 0.717) is 0 Å². The highest BCUT2D eigenvalue weighted by Gasteiger charge is 2.60. The molecule has 1 fully saturated rings. The maximum atomic E-state index is 13.1. The quantitative estimate of drug-likeness (QED) is 0.452. The van der Waals surface area contributed by atoms with E-state index in [1.54, 1.807) is 0 Å². The molecule has 0 aromatic rings. The Labute approximate surface area is 61.6 Å². The van der Waals surface area contributed by atoms with Gasteiger partial charge in [-0.2, -0.15) is 0 Å². The van der Waals surface area contributed by atoms with E-state index in [0.717, 1.165) is 5.01 Å². The summed E-state index contributed by atoms with van der Waals surface area (Å²) in [5.41, 5.74) is 2.50. The van der Waals surface area contributed by atoms with E-state index in [-0.39, 0.29) is 5.57 Å². The Balaban J connectivity index is 2.15. The van der Waals surface area contributed by atoms with Gasteiger partial charge in [0.25, 0.3) is 6.43 Å². The van der Waals surface area contributed by atoms with E-state index < -0.39 is 18.3 Å². The third kappa shape index (κ3) is 0.750. The maximum Gasteiger partial charge on any atom is 0.258 e. The molecule has 2 atom stereocenters. The lowest BCUT2D eigenvalue weighted by atomic mass is 10.2. The lowest BCUT2D eigenvalue weighted by Gasteiger charge is -2.16. The van der Waals surface area contributed by atoms with Crippen LogP contribution in [-0.4, -0.2) is 30.3 Å². The van der Waals surface area contributed by atoms with E-state index >= 15 is 0 Å². The lowest BCUT2D eigenvalue weighted by Crippen LogP contribution is -2.41. The van der Waals surface area contributed by atoms with Crippen molar-refractivity contribution in [1.29, 1.82) is 0 Å². The van der Waals surface area contributed by atoms with Crippen molar-refractivity contribution in [3.8, 4) is 0 Å². The van der Waals surface area contributed by atoms with Crippen molar-refractivity contribution in [2.75, 3.05) is 7.05 Å². The van der Waals surface area contributed by atoms with Gasteiger partial charge in [-0.25, -0.2) is 23.6 Å². The largest absolute Gasteiger partial charge is 0.258 e. The summed E-state index contributed by atoms with van der Waals surface area (Å²) in [6.07, 6.45) is -1.33. The molecule has 1 aliphatic heterocycles. The predicted octanol–water partition coefficient (Wildman–Crippen LogP) is 0.676. The van der Waals surface area contributed by atoms with Crippen LogP contribution >= 0.6 is 0 Å². The van der Waals surface area contributed by atoms with Crippen molar-refractivity contribution in [3.05, 3.63) is 11.6 Å². The van der Waals surface area contributed by atoms with Crippen molar-refractivity contribution in [2.45, 2.75) is 18.3 Å². The highest BCUT2D eigenvalue weighted by atomic mass is 19.3. The number of nitrogens with one attached hydrogen (secondary N) is 1. The minimum atomic E-state index is -2.54. The molecule has 0 bridgehead atoms. The van der Waals surface area contributed by atoms with E-state index in [9.17, 15) is 13.2 Å². The van der Waals surface area contributed by atoms with Gasteiger partial charge in [0.05, 0.1) is 0 Å². The number of rotatable bonds is 1. The molecular weight excluding hydrogens is 157 g/mol. The molecule has 0 spiro atoms. The Bertz CT molecular complexity index is 228. The van der Waals surface area contributed by atoms with Crippen molar-refractivity contribution >= 4 is 0 Å². The van der Waals surface area contributed by atoms with Crippen LogP contribution in [0.5, 0.6) is 0 Å². The van der Waals surface area contributed by atoms with Crippen LogP contribution in [0.3, 0.4) is 0 Å². The fraction of sp³-hybridized carbons (Fsp3) is 0.667. The first-order chi connectivity index (χ1) is 5.05. The number of likely N-dealkylation sites (N-methyl/N-ethyl adjacent to an activating group) is 1. The molecule has 0 aromatic heterocycles. The molecule has 1 heterocycles. The molecule has 2 nitrogen and oxygen atoms in total. The summed E-state index contributed by atoms with van der Waals surface area (Å²) in [6.45, 7) is 0. The van der Waals surface area contributed by atoms with Gasteiger partial charge < -0.3 is 0 Å². The molecule has 2 rings (SSSR count). The van der Waals surface area contributed by atoms with Crippen LogP contribution in [0.4, 0.5) is 13.2 Å². The van der Waals surface area contributed by atoms with Crippen molar-refractivity contribution in [1.82, 2.24) is 10.4 Å². The molecule has 11 heavy (non-hydrogen) atoms. The number of nitrogens with zero attached hydrogens (tertiary/aromatic N) is 1. The van der Waals surface area contributed by atoms with Gasteiger partial charge in [0.2, 0.25) is 5.79 Å². The summed E-state index contributed by atoms with van der Waals surface area (Å²) in [4.78, 5) is 0. The van der Waals surface area contributed by atoms with Gasteiger partial charge in [-0.1, -0.05) is 0 Å². The smallest absolute Gasteiger partial charge is 0.239 e. The molecule has 2 unspecified atom stereocenters. The van der Waals surface area contributed by atoms with Gasteiger partial charge in [-0.05, 0) is 6.08 Å². The molecule has 1 aliphatic carbocycles. The van der Waals surface area contributed by atoms with Crippen LogP contribution in [0, 0.1) is 0 Å². The molecular formula is C6H7F3N2. The zero-order valence-corrected chi connectivity index (χ0v) is 5.81.